The van der Waals surface area contributed by atoms with Crippen molar-refractivity contribution < 1.29 is 27.5 Å². The quantitative estimate of drug-likeness (QED) is 0.493. The highest BCUT2D eigenvalue weighted by molar-refractivity contribution is 5.95. The summed E-state index contributed by atoms with van der Waals surface area (Å²) >= 11 is 0. The molecular formula is C17H16F3N3O3. The number of ether oxygens (including phenoxy) is 1. The summed E-state index contributed by atoms with van der Waals surface area (Å²) < 4.78 is 44.2. The van der Waals surface area contributed by atoms with Crippen molar-refractivity contribution in [3.05, 3.63) is 59.2 Å². The van der Waals surface area contributed by atoms with E-state index in [0.717, 1.165) is 6.20 Å². The molecule has 2 N–H and O–H groups in total. The van der Waals surface area contributed by atoms with E-state index in [9.17, 15) is 22.8 Å². The van der Waals surface area contributed by atoms with Crippen LogP contribution in [0, 0.1) is 17.5 Å². The third-order valence-corrected chi connectivity index (χ3v) is 2.94. The minimum absolute atomic E-state index is 0.0205. The molecule has 0 spiro atoms. The Balaban J connectivity index is 2.01. The molecule has 0 aliphatic carbocycles. The standard InChI is InChI=1S/C17H16F3N3O3/c1-17(2,3)26-16(25)13-5-4-9(8-21-13)15(24)23-22-10-6-11(18)14(20)12(19)7-10/h4-8,22H,1-3H3,(H,23,24). The van der Waals surface area contributed by atoms with E-state index in [1.807, 2.05) is 0 Å². The number of aromatic nitrogens is 1. The lowest BCUT2D eigenvalue weighted by Gasteiger charge is -2.19. The summed E-state index contributed by atoms with van der Waals surface area (Å²) in [5.41, 5.74) is 3.66. The molecule has 0 saturated carbocycles. The monoisotopic (exact) mass is 367 g/mol. The van der Waals surface area contributed by atoms with Crippen LogP contribution in [0.25, 0.3) is 0 Å². The molecule has 0 radical (unpaired) electrons. The van der Waals surface area contributed by atoms with Crippen molar-refractivity contribution in [1.82, 2.24) is 10.4 Å². The second kappa shape index (κ2) is 7.42. The van der Waals surface area contributed by atoms with E-state index in [1.165, 1.54) is 12.1 Å². The molecule has 1 amide bonds. The summed E-state index contributed by atoms with van der Waals surface area (Å²) in [6.07, 6.45) is 1.14. The number of rotatable bonds is 4. The number of carbonyl (C=O) groups is 2. The van der Waals surface area contributed by atoms with Crippen molar-refractivity contribution in [2.45, 2.75) is 26.4 Å². The van der Waals surface area contributed by atoms with Crippen LogP contribution >= 0.6 is 0 Å². The van der Waals surface area contributed by atoms with Crippen molar-refractivity contribution >= 4 is 17.6 Å². The number of halogens is 3. The van der Waals surface area contributed by atoms with Crippen molar-refractivity contribution in [1.29, 1.82) is 0 Å². The molecule has 0 aliphatic rings. The first-order chi connectivity index (χ1) is 12.1. The highest BCUT2D eigenvalue weighted by atomic mass is 19.2. The number of anilines is 1. The van der Waals surface area contributed by atoms with Crippen LogP contribution in [0.4, 0.5) is 18.9 Å². The summed E-state index contributed by atoms with van der Waals surface area (Å²) in [6.45, 7) is 5.12. The van der Waals surface area contributed by atoms with Crippen LogP contribution < -0.4 is 10.9 Å². The van der Waals surface area contributed by atoms with E-state index in [2.05, 4.69) is 15.8 Å². The van der Waals surface area contributed by atoms with Crippen molar-refractivity contribution in [3.63, 3.8) is 0 Å². The molecule has 0 aliphatic heterocycles. The van der Waals surface area contributed by atoms with Gasteiger partial charge in [0.15, 0.2) is 17.5 Å². The number of amides is 1. The molecule has 1 aromatic carbocycles. The molecule has 6 nitrogen and oxygen atoms in total. The van der Waals surface area contributed by atoms with Crippen LogP contribution in [0.1, 0.15) is 41.6 Å². The molecule has 0 bridgehead atoms. The number of nitrogens with zero attached hydrogens (tertiary/aromatic N) is 1. The average molecular weight is 367 g/mol. The van der Waals surface area contributed by atoms with Crippen LogP contribution in [0.2, 0.25) is 0 Å². The van der Waals surface area contributed by atoms with E-state index in [4.69, 9.17) is 4.74 Å². The van der Waals surface area contributed by atoms with Gasteiger partial charge in [-0.1, -0.05) is 0 Å². The Morgan fingerprint density at radius 1 is 1.08 bits per heavy atom. The van der Waals surface area contributed by atoms with Gasteiger partial charge < -0.3 is 4.74 Å². The first-order valence-electron chi connectivity index (χ1n) is 7.47. The second-order valence-electron chi connectivity index (χ2n) is 6.27. The smallest absolute Gasteiger partial charge is 0.357 e. The van der Waals surface area contributed by atoms with E-state index in [-0.39, 0.29) is 16.9 Å². The molecule has 2 rings (SSSR count). The summed E-state index contributed by atoms with van der Waals surface area (Å²) in [7, 11) is 0. The zero-order chi connectivity index (χ0) is 19.5. The minimum atomic E-state index is -1.61. The number of carbonyl (C=O) groups excluding carboxylic acids is 2. The van der Waals surface area contributed by atoms with E-state index in [0.29, 0.717) is 12.1 Å². The van der Waals surface area contributed by atoms with Gasteiger partial charge in [0.1, 0.15) is 11.3 Å². The third-order valence-electron chi connectivity index (χ3n) is 2.94. The largest absolute Gasteiger partial charge is 0.455 e. The number of hydrazine groups is 1. The van der Waals surface area contributed by atoms with E-state index >= 15 is 0 Å². The SMILES string of the molecule is CC(C)(C)OC(=O)c1ccc(C(=O)NNc2cc(F)c(F)c(F)c2)cn1. The summed E-state index contributed by atoms with van der Waals surface area (Å²) in [5, 5.41) is 0. The van der Waals surface area contributed by atoms with Crippen LogP contribution in [0.15, 0.2) is 30.5 Å². The van der Waals surface area contributed by atoms with Gasteiger partial charge in [-0.15, -0.1) is 0 Å². The van der Waals surface area contributed by atoms with Gasteiger partial charge in [0.25, 0.3) is 5.91 Å². The molecule has 9 heteroatoms. The van der Waals surface area contributed by atoms with Crippen molar-refractivity contribution in [2.75, 3.05) is 5.43 Å². The number of hydrogen-bond acceptors (Lipinski definition) is 5. The van der Waals surface area contributed by atoms with Crippen LogP contribution in [-0.4, -0.2) is 22.5 Å². The second-order valence-corrected chi connectivity index (χ2v) is 6.27. The van der Waals surface area contributed by atoms with Gasteiger partial charge in [0.05, 0.1) is 11.3 Å². The number of hydrogen-bond donors (Lipinski definition) is 2. The highest BCUT2D eigenvalue weighted by Crippen LogP contribution is 2.16. The maximum atomic E-state index is 13.1. The van der Waals surface area contributed by atoms with Crippen molar-refractivity contribution in [3.8, 4) is 0 Å². The fourth-order valence-electron chi connectivity index (χ4n) is 1.81. The zero-order valence-electron chi connectivity index (χ0n) is 14.2. The van der Waals surface area contributed by atoms with Gasteiger partial charge in [-0.2, -0.15) is 0 Å². The predicted octanol–water partition coefficient (Wildman–Crippen LogP) is 3.21. The molecule has 1 aromatic heterocycles. The topological polar surface area (TPSA) is 80.3 Å². The van der Waals surface area contributed by atoms with Crippen LogP contribution in [0.5, 0.6) is 0 Å². The molecular weight excluding hydrogens is 351 g/mol. The summed E-state index contributed by atoms with van der Waals surface area (Å²) in [6, 6.07) is 4.00. The Kier molecular flexibility index (Phi) is 5.49. The highest BCUT2D eigenvalue weighted by Gasteiger charge is 2.19. The maximum Gasteiger partial charge on any atom is 0.357 e. The van der Waals surface area contributed by atoms with Crippen molar-refractivity contribution in [2.24, 2.45) is 0 Å². The lowest BCUT2D eigenvalue weighted by molar-refractivity contribution is 0.00626. The molecule has 138 valence electrons. The fourth-order valence-corrected chi connectivity index (χ4v) is 1.81. The lowest BCUT2D eigenvalue weighted by atomic mass is 10.2. The maximum absolute atomic E-state index is 13.1. The summed E-state index contributed by atoms with van der Waals surface area (Å²) in [4.78, 5) is 27.7. The number of benzene rings is 1. The Bertz CT molecular complexity index is 810. The lowest BCUT2D eigenvalue weighted by Crippen LogP contribution is -2.30. The normalized spacial score (nSPS) is 11.0. The molecule has 0 saturated heterocycles. The Morgan fingerprint density at radius 3 is 2.19 bits per heavy atom. The predicted molar refractivity (Wildman–Crippen MR) is 86.8 cm³/mol. The molecule has 2 aromatic rings. The number of esters is 1. The van der Waals surface area contributed by atoms with Gasteiger partial charge in [-0.05, 0) is 32.9 Å². The van der Waals surface area contributed by atoms with E-state index < -0.39 is 34.9 Å². The van der Waals surface area contributed by atoms with Crippen LogP contribution in [0.3, 0.4) is 0 Å². The zero-order valence-corrected chi connectivity index (χ0v) is 14.2. The summed E-state index contributed by atoms with van der Waals surface area (Å²) in [5.74, 6) is -5.72. The Hall–Kier alpha value is -3.10. The molecule has 1 heterocycles. The van der Waals surface area contributed by atoms with Gasteiger partial charge in [-0.25, -0.2) is 22.9 Å². The fraction of sp³-hybridized carbons (Fsp3) is 0.235. The Morgan fingerprint density at radius 2 is 1.69 bits per heavy atom. The number of nitrogens with one attached hydrogen (secondary N) is 2. The van der Waals surface area contributed by atoms with Gasteiger partial charge in [-0.3, -0.25) is 15.6 Å². The Labute approximate surface area is 147 Å². The van der Waals surface area contributed by atoms with Gasteiger partial charge >= 0.3 is 5.97 Å². The minimum Gasteiger partial charge on any atom is -0.455 e. The van der Waals surface area contributed by atoms with Gasteiger partial charge in [0, 0.05) is 18.3 Å². The average Bonchev–Trinajstić information content (AvgIpc) is 2.56. The first kappa shape index (κ1) is 19.2. The van der Waals surface area contributed by atoms with Gasteiger partial charge in [0.2, 0.25) is 0 Å². The number of pyridine rings is 1. The van der Waals surface area contributed by atoms with Crippen LogP contribution in [-0.2, 0) is 4.74 Å². The molecule has 26 heavy (non-hydrogen) atoms. The third kappa shape index (κ3) is 4.95. The first-order valence-corrected chi connectivity index (χ1v) is 7.47. The molecule has 0 unspecified atom stereocenters. The van der Waals surface area contributed by atoms with E-state index in [1.54, 1.807) is 20.8 Å². The molecule has 0 atom stereocenters. The molecule has 0 fully saturated rings.